The van der Waals surface area contributed by atoms with Gasteiger partial charge in [-0.1, -0.05) is 18.2 Å². The molecule has 4 rings (SSSR count). The second-order valence-corrected chi connectivity index (χ2v) is 9.14. The number of hydrogen-bond donors (Lipinski definition) is 3. The standard InChI is InChI=1S/C22H25N3O4S/c26-22(23-12-11-17-14-24-21-6-2-1-5-20(17)21)16-7-9-19(10-8-16)30(27,28)25-15-18-4-3-13-29-18/h1-2,5-10,14,18,24-25H,3-4,11-13,15H2,(H,23,26)/t18-/m1/s1. The van der Waals surface area contributed by atoms with Crippen molar-refractivity contribution in [1.82, 2.24) is 15.0 Å². The molecule has 158 valence electrons. The molecule has 7 nitrogen and oxygen atoms in total. The van der Waals surface area contributed by atoms with Gasteiger partial charge in [-0.25, -0.2) is 13.1 Å². The topological polar surface area (TPSA) is 100 Å². The number of aromatic nitrogens is 1. The maximum Gasteiger partial charge on any atom is 0.251 e. The van der Waals surface area contributed by atoms with Crippen molar-refractivity contribution in [2.75, 3.05) is 19.7 Å². The van der Waals surface area contributed by atoms with E-state index in [-0.39, 0.29) is 23.5 Å². The average molecular weight is 428 g/mol. The predicted molar refractivity (Wildman–Crippen MR) is 115 cm³/mol. The molecule has 2 heterocycles. The van der Waals surface area contributed by atoms with Crippen LogP contribution < -0.4 is 10.0 Å². The first kappa shape index (κ1) is 20.6. The zero-order valence-electron chi connectivity index (χ0n) is 16.6. The molecule has 3 N–H and O–H groups in total. The second-order valence-electron chi connectivity index (χ2n) is 7.38. The highest BCUT2D eigenvalue weighted by Crippen LogP contribution is 2.18. The summed E-state index contributed by atoms with van der Waals surface area (Å²) < 4.78 is 32.8. The normalized spacial score (nSPS) is 16.7. The van der Waals surface area contributed by atoms with Crippen LogP contribution in [-0.2, 0) is 21.2 Å². The Morgan fingerprint density at radius 3 is 2.70 bits per heavy atom. The Balaban J connectivity index is 1.31. The Labute approximate surface area is 175 Å². The molecule has 30 heavy (non-hydrogen) atoms. The fourth-order valence-corrected chi connectivity index (χ4v) is 4.69. The van der Waals surface area contributed by atoms with Gasteiger partial charge < -0.3 is 15.0 Å². The minimum Gasteiger partial charge on any atom is -0.377 e. The number of benzene rings is 2. The number of fused-ring (bicyclic) bond motifs is 1. The number of aromatic amines is 1. The Hall–Kier alpha value is -2.68. The number of ether oxygens (including phenoxy) is 1. The number of rotatable bonds is 8. The van der Waals surface area contributed by atoms with Gasteiger partial charge in [0, 0.05) is 42.4 Å². The van der Waals surface area contributed by atoms with Crippen molar-refractivity contribution in [3.63, 3.8) is 0 Å². The molecule has 1 aromatic heterocycles. The summed E-state index contributed by atoms with van der Waals surface area (Å²) in [6.07, 6.45) is 4.41. The Bertz CT molecular complexity index is 1120. The first-order valence-corrected chi connectivity index (χ1v) is 11.6. The van der Waals surface area contributed by atoms with Gasteiger partial charge in [-0.3, -0.25) is 4.79 Å². The van der Waals surface area contributed by atoms with Gasteiger partial charge in [-0.15, -0.1) is 0 Å². The summed E-state index contributed by atoms with van der Waals surface area (Å²) in [4.78, 5) is 15.8. The molecule has 0 spiro atoms. The van der Waals surface area contributed by atoms with Crippen LogP contribution in [0.5, 0.6) is 0 Å². The third kappa shape index (κ3) is 4.72. The van der Waals surface area contributed by atoms with Crippen LogP contribution in [0.3, 0.4) is 0 Å². The Morgan fingerprint density at radius 2 is 1.93 bits per heavy atom. The summed E-state index contributed by atoms with van der Waals surface area (Å²) in [5.74, 6) is -0.230. The van der Waals surface area contributed by atoms with Crippen molar-refractivity contribution in [3.8, 4) is 0 Å². The summed E-state index contributed by atoms with van der Waals surface area (Å²) in [7, 11) is -3.62. The van der Waals surface area contributed by atoms with Gasteiger partial charge >= 0.3 is 0 Å². The van der Waals surface area contributed by atoms with E-state index in [0.717, 1.165) is 29.3 Å². The number of carbonyl (C=O) groups excluding carboxylic acids is 1. The van der Waals surface area contributed by atoms with Crippen molar-refractivity contribution < 1.29 is 17.9 Å². The van der Waals surface area contributed by atoms with Crippen molar-refractivity contribution in [2.24, 2.45) is 0 Å². The van der Waals surface area contributed by atoms with Crippen LogP contribution in [0.1, 0.15) is 28.8 Å². The predicted octanol–water partition coefficient (Wildman–Crippen LogP) is 2.60. The first-order chi connectivity index (χ1) is 14.5. The molecule has 2 aromatic carbocycles. The molecule has 1 saturated heterocycles. The Morgan fingerprint density at radius 1 is 1.13 bits per heavy atom. The lowest BCUT2D eigenvalue weighted by atomic mass is 10.1. The largest absolute Gasteiger partial charge is 0.377 e. The maximum absolute atomic E-state index is 12.4. The molecule has 1 amide bonds. The van der Waals surface area contributed by atoms with E-state index in [0.29, 0.717) is 25.1 Å². The number of amides is 1. The fourth-order valence-electron chi connectivity index (χ4n) is 3.63. The van der Waals surface area contributed by atoms with E-state index >= 15 is 0 Å². The van der Waals surface area contributed by atoms with E-state index in [2.05, 4.69) is 21.1 Å². The molecular weight excluding hydrogens is 402 g/mol. The highest BCUT2D eigenvalue weighted by atomic mass is 32.2. The Kier molecular flexibility index (Phi) is 6.17. The summed E-state index contributed by atoms with van der Waals surface area (Å²) in [5.41, 5.74) is 2.64. The smallest absolute Gasteiger partial charge is 0.251 e. The zero-order chi connectivity index (χ0) is 21.0. The van der Waals surface area contributed by atoms with E-state index in [1.54, 1.807) is 0 Å². The lowest BCUT2D eigenvalue weighted by molar-refractivity contribution is 0.0954. The highest BCUT2D eigenvalue weighted by molar-refractivity contribution is 7.89. The third-order valence-electron chi connectivity index (χ3n) is 5.31. The number of para-hydroxylation sites is 1. The summed E-state index contributed by atoms with van der Waals surface area (Å²) in [6, 6.07) is 14.0. The molecule has 1 atom stereocenters. The van der Waals surface area contributed by atoms with Crippen LogP contribution >= 0.6 is 0 Å². The molecule has 0 aliphatic carbocycles. The molecule has 0 unspecified atom stereocenters. The zero-order valence-corrected chi connectivity index (χ0v) is 17.4. The number of H-pyrrole nitrogens is 1. The van der Waals surface area contributed by atoms with E-state index in [4.69, 9.17) is 4.74 Å². The molecule has 1 aliphatic heterocycles. The van der Waals surface area contributed by atoms with E-state index in [1.165, 1.54) is 24.3 Å². The molecule has 0 bridgehead atoms. The van der Waals surface area contributed by atoms with E-state index < -0.39 is 10.0 Å². The highest BCUT2D eigenvalue weighted by Gasteiger charge is 2.20. The molecule has 8 heteroatoms. The lowest BCUT2D eigenvalue weighted by Crippen LogP contribution is -2.32. The molecule has 0 saturated carbocycles. The summed E-state index contributed by atoms with van der Waals surface area (Å²) >= 11 is 0. The van der Waals surface area contributed by atoms with Gasteiger partial charge in [0.2, 0.25) is 10.0 Å². The van der Waals surface area contributed by atoms with Crippen molar-refractivity contribution >= 4 is 26.8 Å². The minimum atomic E-state index is -3.62. The van der Waals surface area contributed by atoms with E-state index in [1.807, 2.05) is 24.4 Å². The minimum absolute atomic E-state index is 0.0676. The second kappa shape index (κ2) is 8.99. The van der Waals surface area contributed by atoms with E-state index in [9.17, 15) is 13.2 Å². The van der Waals surface area contributed by atoms with Crippen LogP contribution in [0.4, 0.5) is 0 Å². The van der Waals surface area contributed by atoms with Crippen LogP contribution in [0.25, 0.3) is 10.9 Å². The summed E-state index contributed by atoms with van der Waals surface area (Å²) in [6.45, 7) is 1.43. The molecule has 0 radical (unpaired) electrons. The van der Waals surface area contributed by atoms with Crippen molar-refractivity contribution in [3.05, 3.63) is 65.9 Å². The number of nitrogens with one attached hydrogen (secondary N) is 3. The molecule has 3 aromatic rings. The van der Waals surface area contributed by atoms with Gasteiger partial charge in [0.15, 0.2) is 0 Å². The number of carbonyl (C=O) groups is 1. The first-order valence-electron chi connectivity index (χ1n) is 10.1. The van der Waals surface area contributed by atoms with Crippen LogP contribution in [0.2, 0.25) is 0 Å². The van der Waals surface area contributed by atoms with Crippen LogP contribution in [-0.4, -0.2) is 45.1 Å². The quantitative estimate of drug-likeness (QED) is 0.514. The van der Waals surface area contributed by atoms with Crippen molar-refractivity contribution in [2.45, 2.75) is 30.3 Å². The van der Waals surface area contributed by atoms with Crippen LogP contribution in [0, 0.1) is 0 Å². The SMILES string of the molecule is O=C(NCCc1c[nH]c2ccccc12)c1ccc(S(=O)(=O)NC[C@H]2CCCO2)cc1. The van der Waals surface area contributed by atoms with Crippen molar-refractivity contribution in [1.29, 1.82) is 0 Å². The van der Waals surface area contributed by atoms with Gasteiger partial charge in [0.25, 0.3) is 5.91 Å². The average Bonchev–Trinajstić information content (AvgIpc) is 3.43. The van der Waals surface area contributed by atoms with Gasteiger partial charge in [-0.2, -0.15) is 0 Å². The lowest BCUT2D eigenvalue weighted by Gasteiger charge is -2.11. The fraction of sp³-hybridized carbons (Fsp3) is 0.318. The van der Waals surface area contributed by atoms with Gasteiger partial charge in [-0.05, 0) is 55.2 Å². The number of hydrogen-bond acceptors (Lipinski definition) is 4. The monoisotopic (exact) mass is 427 g/mol. The molecule has 1 aliphatic rings. The van der Waals surface area contributed by atoms with Crippen LogP contribution in [0.15, 0.2) is 59.6 Å². The maximum atomic E-state index is 12.4. The summed E-state index contributed by atoms with van der Waals surface area (Å²) in [5, 5.41) is 4.04. The molecule has 1 fully saturated rings. The van der Waals surface area contributed by atoms with Gasteiger partial charge in [0.05, 0.1) is 11.0 Å². The number of sulfonamides is 1. The van der Waals surface area contributed by atoms with Gasteiger partial charge in [0.1, 0.15) is 0 Å². The third-order valence-corrected chi connectivity index (χ3v) is 6.75. The molecular formula is C22H25N3O4S.